The van der Waals surface area contributed by atoms with Crippen molar-refractivity contribution in [2.75, 3.05) is 32.7 Å². The molecule has 2 aromatic carbocycles. The van der Waals surface area contributed by atoms with Crippen LogP contribution in [0.25, 0.3) is 6.08 Å². The number of piperazine rings is 1. The van der Waals surface area contributed by atoms with Crippen molar-refractivity contribution in [2.24, 2.45) is 0 Å². The summed E-state index contributed by atoms with van der Waals surface area (Å²) in [6.45, 7) is 5.08. The minimum Gasteiger partial charge on any atom is -0.297 e. The number of benzene rings is 2. The van der Waals surface area contributed by atoms with Gasteiger partial charge in [0.2, 0.25) is 0 Å². The molecule has 2 aliphatic rings. The van der Waals surface area contributed by atoms with Crippen LogP contribution in [0.2, 0.25) is 10.0 Å². The maximum atomic E-state index is 6.31. The lowest BCUT2D eigenvalue weighted by Gasteiger charge is -2.40. The van der Waals surface area contributed by atoms with Crippen LogP contribution in [0.4, 0.5) is 0 Å². The molecule has 0 saturated carbocycles. The zero-order chi connectivity index (χ0) is 21.9. The summed E-state index contributed by atoms with van der Waals surface area (Å²) in [5.41, 5.74) is 6.50. The molecule has 1 saturated heterocycles. The van der Waals surface area contributed by atoms with Gasteiger partial charge in [-0.05, 0) is 47.2 Å². The molecule has 0 bridgehead atoms. The van der Waals surface area contributed by atoms with Crippen LogP contribution in [0.3, 0.4) is 0 Å². The summed E-state index contributed by atoms with van der Waals surface area (Å²) in [6, 6.07) is 19.3. The number of halogens is 2. The van der Waals surface area contributed by atoms with Gasteiger partial charge in [-0.3, -0.25) is 14.8 Å². The van der Waals surface area contributed by atoms with Crippen LogP contribution in [-0.2, 0) is 12.8 Å². The highest BCUT2D eigenvalue weighted by Crippen LogP contribution is 2.36. The third-order valence-electron chi connectivity index (χ3n) is 6.62. The van der Waals surface area contributed by atoms with E-state index in [0.717, 1.165) is 51.1 Å². The monoisotopic (exact) mass is 463 g/mol. The number of rotatable bonds is 4. The van der Waals surface area contributed by atoms with Gasteiger partial charge < -0.3 is 0 Å². The Morgan fingerprint density at radius 1 is 0.875 bits per heavy atom. The Morgan fingerprint density at radius 3 is 2.56 bits per heavy atom. The first-order valence-corrected chi connectivity index (χ1v) is 12.0. The molecule has 1 aliphatic carbocycles. The highest BCUT2D eigenvalue weighted by atomic mass is 35.5. The summed E-state index contributed by atoms with van der Waals surface area (Å²) >= 11 is 12.4. The lowest BCUT2D eigenvalue weighted by Crippen LogP contribution is -2.47. The van der Waals surface area contributed by atoms with Crippen molar-refractivity contribution < 1.29 is 0 Å². The molecule has 2 heterocycles. The van der Waals surface area contributed by atoms with E-state index in [2.05, 4.69) is 58.4 Å². The molecule has 1 unspecified atom stereocenters. The molecule has 3 aromatic rings. The number of fused-ring (bicyclic) bond motifs is 2. The highest BCUT2D eigenvalue weighted by molar-refractivity contribution is 6.42. The summed E-state index contributed by atoms with van der Waals surface area (Å²) in [6.07, 6.45) is 8.27. The van der Waals surface area contributed by atoms with Gasteiger partial charge in [0.15, 0.2) is 0 Å². The van der Waals surface area contributed by atoms with Gasteiger partial charge in [-0.1, -0.05) is 77.8 Å². The summed E-state index contributed by atoms with van der Waals surface area (Å²) in [5.74, 6) is 0. The molecule has 0 N–H and O–H groups in total. The normalized spacial score (nSPS) is 19.5. The average molecular weight is 464 g/mol. The molecule has 0 radical (unpaired) electrons. The van der Waals surface area contributed by atoms with Crippen LogP contribution < -0.4 is 0 Å². The van der Waals surface area contributed by atoms with E-state index >= 15 is 0 Å². The summed E-state index contributed by atoms with van der Waals surface area (Å²) in [5, 5.41) is 1.22. The molecule has 5 rings (SSSR count). The summed E-state index contributed by atoms with van der Waals surface area (Å²) in [4.78, 5) is 9.87. The Hall–Kier alpha value is -2.17. The molecule has 1 atom stereocenters. The lowest BCUT2D eigenvalue weighted by molar-refractivity contribution is 0.117. The zero-order valence-corrected chi connectivity index (χ0v) is 19.6. The van der Waals surface area contributed by atoms with Crippen molar-refractivity contribution in [1.82, 2.24) is 14.8 Å². The molecular formula is C27H27Cl2N3. The largest absolute Gasteiger partial charge is 0.297 e. The van der Waals surface area contributed by atoms with Gasteiger partial charge in [-0.25, -0.2) is 0 Å². The fraction of sp³-hybridized carbons (Fsp3) is 0.296. The van der Waals surface area contributed by atoms with E-state index < -0.39 is 0 Å². The number of pyridine rings is 1. The van der Waals surface area contributed by atoms with Crippen LogP contribution in [0.5, 0.6) is 0 Å². The Bertz CT molecular complexity index is 1070. The van der Waals surface area contributed by atoms with E-state index in [1.165, 1.54) is 22.4 Å². The maximum Gasteiger partial charge on any atom is 0.0664 e. The number of aromatic nitrogens is 1. The van der Waals surface area contributed by atoms with E-state index in [9.17, 15) is 0 Å². The Balaban J connectivity index is 1.29. The van der Waals surface area contributed by atoms with Gasteiger partial charge in [0, 0.05) is 44.6 Å². The number of aryl methyl sites for hydroxylation is 2. The second-order valence-corrected chi connectivity index (χ2v) is 9.31. The third kappa shape index (κ3) is 4.49. The van der Waals surface area contributed by atoms with Crippen molar-refractivity contribution in [3.8, 4) is 0 Å². The number of nitrogens with zero attached hydrogens (tertiary/aromatic N) is 3. The van der Waals surface area contributed by atoms with E-state index in [1.54, 1.807) is 0 Å². The van der Waals surface area contributed by atoms with Gasteiger partial charge in [0.05, 0.1) is 16.1 Å². The van der Waals surface area contributed by atoms with Crippen molar-refractivity contribution in [3.63, 3.8) is 0 Å². The first-order chi connectivity index (χ1) is 15.7. The van der Waals surface area contributed by atoms with E-state index in [-0.39, 0.29) is 0 Å². The van der Waals surface area contributed by atoms with Crippen LogP contribution in [0.1, 0.15) is 34.0 Å². The molecule has 0 amide bonds. The van der Waals surface area contributed by atoms with Crippen LogP contribution >= 0.6 is 23.2 Å². The number of hydrogen-bond acceptors (Lipinski definition) is 3. The van der Waals surface area contributed by atoms with E-state index in [0.29, 0.717) is 16.1 Å². The van der Waals surface area contributed by atoms with E-state index in [4.69, 9.17) is 28.2 Å². The standard InChI is InChI=1S/C27H27Cl2N3/c28-24-11-3-7-21(26(24)29)8-5-15-31-16-18-32(19-17-31)27-22-9-2-1-6-20(22)12-13-25-23(27)10-4-14-30-25/h1-11,14,27H,12-13,15-19H2/b8-5+. The third-order valence-corrected chi connectivity index (χ3v) is 7.45. The van der Waals surface area contributed by atoms with Crippen molar-refractivity contribution in [2.45, 2.75) is 18.9 Å². The minimum atomic E-state index is 0.292. The lowest BCUT2D eigenvalue weighted by atomic mass is 9.94. The fourth-order valence-electron chi connectivity index (χ4n) is 4.93. The Morgan fingerprint density at radius 2 is 1.69 bits per heavy atom. The van der Waals surface area contributed by atoms with Gasteiger partial charge >= 0.3 is 0 Å². The maximum absolute atomic E-state index is 6.31. The molecule has 1 aromatic heterocycles. The topological polar surface area (TPSA) is 19.4 Å². The van der Waals surface area contributed by atoms with Gasteiger partial charge in [0.1, 0.15) is 0 Å². The summed E-state index contributed by atoms with van der Waals surface area (Å²) < 4.78 is 0. The first kappa shape index (κ1) is 21.7. The molecule has 3 nitrogen and oxygen atoms in total. The molecule has 5 heteroatoms. The van der Waals surface area contributed by atoms with Gasteiger partial charge in [-0.2, -0.15) is 0 Å². The minimum absolute atomic E-state index is 0.292. The van der Waals surface area contributed by atoms with Crippen LogP contribution in [0.15, 0.2) is 66.9 Å². The Kier molecular flexibility index (Phi) is 6.61. The molecule has 32 heavy (non-hydrogen) atoms. The predicted octanol–water partition coefficient (Wildman–Crippen LogP) is 5.91. The smallest absolute Gasteiger partial charge is 0.0664 e. The molecule has 0 spiro atoms. The second-order valence-electron chi connectivity index (χ2n) is 8.52. The first-order valence-electron chi connectivity index (χ1n) is 11.3. The summed E-state index contributed by atoms with van der Waals surface area (Å²) in [7, 11) is 0. The quantitative estimate of drug-likeness (QED) is 0.479. The zero-order valence-electron chi connectivity index (χ0n) is 18.1. The molecule has 1 aliphatic heterocycles. The van der Waals surface area contributed by atoms with Crippen LogP contribution in [0, 0.1) is 0 Å². The van der Waals surface area contributed by atoms with Gasteiger partial charge in [0.25, 0.3) is 0 Å². The van der Waals surface area contributed by atoms with Gasteiger partial charge in [-0.15, -0.1) is 0 Å². The van der Waals surface area contributed by atoms with E-state index in [1.807, 2.05) is 24.4 Å². The fourth-order valence-corrected chi connectivity index (χ4v) is 5.30. The second kappa shape index (κ2) is 9.76. The molecule has 164 valence electrons. The van der Waals surface area contributed by atoms with Crippen molar-refractivity contribution in [1.29, 1.82) is 0 Å². The SMILES string of the molecule is Clc1cccc(/C=C/CN2CCN(C3c4ccccc4CCc4ncccc43)CC2)c1Cl. The number of hydrogen-bond donors (Lipinski definition) is 0. The average Bonchev–Trinajstić information content (AvgIpc) is 2.99. The predicted molar refractivity (Wildman–Crippen MR) is 133 cm³/mol. The molecular weight excluding hydrogens is 437 g/mol. The highest BCUT2D eigenvalue weighted by Gasteiger charge is 2.31. The van der Waals surface area contributed by atoms with Crippen molar-refractivity contribution >= 4 is 29.3 Å². The Labute approximate surface area is 200 Å². The molecule has 1 fully saturated rings. The van der Waals surface area contributed by atoms with Crippen LogP contribution in [-0.4, -0.2) is 47.5 Å². The van der Waals surface area contributed by atoms with Crippen molar-refractivity contribution in [3.05, 3.63) is 105 Å².